The zero-order chi connectivity index (χ0) is 40.9. The highest BCUT2D eigenvalue weighted by atomic mass is 16.7. The predicted molar refractivity (Wildman–Crippen MR) is 220 cm³/mol. The summed E-state index contributed by atoms with van der Waals surface area (Å²) in [6.45, 7) is 16.7. The number of nitrogens with zero attached hydrogens (tertiary/aromatic N) is 3. The molecular weight excluding hydrogens is 711 g/mol. The summed E-state index contributed by atoms with van der Waals surface area (Å²) in [6, 6.07) is 9.65. The molecule has 3 aliphatic heterocycles. The topological polar surface area (TPSA) is 132 Å². The number of aliphatic hydroxyl groups excluding tert-OH is 3. The molecular formula is C45H73N3O8. The molecule has 7 unspecified atom stereocenters. The summed E-state index contributed by atoms with van der Waals surface area (Å²) in [5, 5.41) is 34.4. The Labute approximate surface area is 337 Å². The van der Waals surface area contributed by atoms with Gasteiger partial charge in [-0.1, -0.05) is 82.2 Å². The molecule has 1 aromatic carbocycles. The first-order valence-corrected chi connectivity index (χ1v) is 21.3. The number of hydrogen-bond acceptors (Lipinski definition) is 11. The summed E-state index contributed by atoms with van der Waals surface area (Å²) in [6.07, 6.45) is 4.58. The molecule has 2 saturated heterocycles. The third kappa shape index (κ3) is 13.3. The second-order valence-corrected chi connectivity index (χ2v) is 17.0. The van der Waals surface area contributed by atoms with Gasteiger partial charge in [0, 0.05) is 30.8 Å². The number of ketones is 1. The van der Waals surface area contributed by atoms with Gasteiger partial charge in [-0.2, -0.15) is 0 Å². The second-order valence-electron chi connectivity index (χ2n) is 17.0. The third-order valence-corrected chi connectivity index (χ3v) is 12.4. The van der Waals surface area contributed by atoms with Gasteiger partial charge in [-0.3, -0.25) is 14.5 Å². The minimum absolute atomic E-state index is 0.00687. The van der Waals surface area contributed by atoms with Crippen LogP contribution in [0.1, 0.15) is 92.1 Å². The number of carbonyl (C=O) groups excluding carboxylic acids is 2. The lowest BCUT2D eigenvalue weighted by Gasteiger charge is -2.47. The van der Waals surface area contributed by atoms with Gasteiger partial charge in [0.05, 0.1) is 36.9 Å². The standard InChI is InChI=1S/C45H73N3O8/c1-9-39-36(29-47(10-2)28-34-17-13-11-14-18-34)25-30(3)19-20-37(49)31(4)26-35(21-24-48-22-15-12-16-23-48)44(32(5)38(50)27-40(51)55-39)56-45-43(53)41(46(7)8)42(52)33(6)54-45/h11,13-14,17-20,25,31-33,35-36,38-39,41-45,50,52-53H,9-10,12,15-16,21-24,26-29H2,1-8H3/t31?,32?,33-,35?,36?,38?,39?,41+,42-,43-,44?,45+/m1/s1. The van der Waals surface area contributed by atoms with Gasteiger partial charge in [0.1, 0.15) is 12.2 Å². The number of benzene rings is 1. The first-order chi connectivity index (χ1) is 26.7. The van der Waals surface area contributed by atoms with E-state index in [0.29, 0.717) is 25.8 Å². The van der Waals surface area contributed by atoms with Gasteiger partial charge in [-0.15, -0.1) is 0 Å². The average Bonchev–Trinajstić information content (AvgIpc) is 3.18. The van der Waals surface area contributed by atoms with Gasteiger partial charge >= 0.3 is 5.97 Å². The lowest BCUT2D eigenvalue weighted by atomic mass is 9.79. The Kier molecular flexibility index (Phi) is 18.7. The smallest absolute Gasteiger partial charge is 0.308 e. The Hall–Kier alpha value is -2.48. The number of ether oxygens (including phenoxy) is 3. The molecule has 0 saturated carbocycles. The molecule has 1 aromatic rings. The Morgan fingerprint density at radius 1 is 0.946 bits per heavy atom. The SMILES string of the molecule is CCC1OC(=O)CC(O)C(C)C(O[C@@H]2O[C@H](C)[C@@H](O)[C@H](N(C)C)[C@H]2O)C(CCN2CCCCC2)CC(C)C(=O)C=CC(C)=CC1CN(CC)Cc1ccccc1. The van der Waals surface area contributed by atoms with Crippen molar-refractivity contribution in [1.29, 1.82) is 0 Å². The second kappa shape index (κ2) is 22.6. The number of allylic oxidation sites excluding steroid dienone is 3. The molecule has 316 valence electrons. The fourth-order valence-corrected chi connectivity index (χ4v) is 8.83. The summed E-state index contributed by atoms with van der Waals surface area (Å²) < 4.78 is 19.2. The minimum Gasteiger partial charge on any atom is -0.462 e. The quantitative estimate of drug-likeness (QED) is 0.241. The van der Waals surface area contributed by atoms with Crippen LogP contribution in [0.15, 0.2) is 54.1 Å². The number of aliphatic hydroxyl groups is 3. The van der Waals surface area contributed by atoms with Crippen LogP contribution in [-0.4, -0.2) is 138 Å². The van der Waals surface area contributed by atoms with Crippen LogP contribution < -0.4 is 0 Å². The fourth-order valence-electron chi connectivity index (χ4n) is 8.83. The Morgan fingerprint density at radius 2 is 1.64 bits per heavy atom. The van der Waals surface area contributed by atoms with Crippen molar-refractivity contribution in [3.05, 3.63) is 59.7 Å². The number of likely N-dealkylation sites (N-methyl/N-ethyl adjacent to an activating group) is 1. The molecule has 4 rings (SSSR count). The lowest BCUT2D eigenvalue weighted by molar-refractivity contribution is -0.304. The molecule has 2 fully saturated rings. The monoisotopic (exact) mass is 784 g/mol. The zero-order valence-electron chi connectivity index (χ0n) is 35.5. The summed E-state index contributed by atoms with van der Waals surface area (Å²) in [5.41, 5.74) is 2.12. The first-order valence-electron chi connectivity index (χ1n) is 21.3. The molecule has 0 bridgehead atoms. The number of hydrogen-bond donors (Lipinski definition) is 3. The van der Waals surface area contributed by atoms with E-state index in [2.05, 4.69) is 34.9 Å². The van der Waals surface area contributed by atoms with Gasteiger partial charge in [0.2, 0.25) is 0 Å². The Morgan fingerprint density at radius 3 is 2.29 bits per heavy atom. The van der Waals surface area contributed by atoms with Crippen molar-refractivity contribution in [2.75, 3.05) is 46.8 Å². The van der Waals surface area contributed by atoms with Crippen molar-refractivity contribution in [1.82, 2.24) is 14.7 Å². The van der Waals surface area contributed by atoms with E-state index >= 15 is 0 Å². The molecule has 11 heteroatoms. The Bertz CT molecular complexity index is 1400. The van der Waals surface area contributed by atoms with Crippen molar-refractivity contribution < 1.29 is 39.1 Å². The zero-order valence-corrected chi connectivity index (χ0v) is 35.5. The van der Waals surface area contributed by atoms with E-state index in [1.54, 1.807) is 32.0 Å². The van der Waals surface area contributed by atoms with E-state index in [1.165, 1.54) is 12.0 Å². The highest BCUT2D eigenvalue weighted by molar-refractivity contribution is 5.91. The van der Waals surface area contributed by atoms with Crippen molar-refractivity contribution in [3.8, 4) is 0 Å². The summed E-state index contributed by atoms with van der Waals surface area (Å²) in [5.74, 6) is -1.79. The lowest BCUT2D eigenvalue weighted by Crippen LogP contribution is -2.63. The van der Waals surface area contributed by atoms with Crippen LogP contribution in [0.5, 0.6) is 0 Å². The summed E-state index contributed by atoms with van der Waals surface area (Å²) in [4.78, 5) is 34.2. The highest BCUT2D eigenvalue weighted by Gasteiger charge is 2.47. The van der Waals surface area contributed by atoms with E-state index in [4.69, 9.17) is 14.2 Å². The molecule has 56 heavy (non-hydrogen) atoms. The van der Waals surface area contributed by atoms with Crippen LogP contribution in [0.3, 0.4) is 0 Å². The number of carbonyl (C=O) groups is 2. The molecule has 0 amide bonds. The third-order valence-electron chi connectivity index (χ3n) is 12.4. The number of esters is 1. The molecule has 3 heterocycles. The van der Waals surface area contributed by atoms with Crippen LogP contribution in [0.2, 0.25) is 0 Å². The maximum atomic E-state index is 13.9. The molecule has 0 radical (unpaired) electrons. The molecule has 11 nitrogen and oxygen atoms in total. The van der Waals surface area contributed by atoms with Crippen molar-refractivity contribution >= 4 is 11.8 Å². The maximum absolute atomic E-state index is 13.9. The van der Waals surface area contributed by atoms with E-state index < -0.39 is 60.8 Å². The van der Waals surface area contributed by atoms with Gasteiger partial charge in [0.15, 0.2) is 12.1 Å². The normalized spacial score (nSPS) is 34.8. The van der Waals surface area contributed by atoms with Crippen molar-refractivity contribution in [3.63, 3.8) is 0 Å². The van der Waals surface area contributed by atoms with Gasteiger partial charge in [-0.25, -0.2) is 0 Å². The van der Waals surface area contributed by atoms with E-state index in [1.807, 2.05) is 52.0 Å². The fraction of sp³-hybridized carbons (Fsp3) is 0.733. The average molecular weight is 784 g/mol. The largest absolute Gasteiger partial charge is 0.462 e. The molecule has 3 N–H and O–H groups in total. The molecule has 3 aliphatic rings. The molecule has 12 atom stereocenters. The van der Waals surface area contributed by atoms with E-state index in [-0.39, 0.29) is 30.0 Å². The van der Waals surface area contributed by atoms with Crippen LogP contribution in [0, 0.1) is 23.7 Å². The minimum atomic E-state index is -1.18. The Balaban J connectivity index is 1.68. The van der Waals surface area contributed by atoms with Crippen LogP contribution in [-0.2, 0) is 30.3 Å². The van der Waals surface area contributed by atoms with Crippen LogP contribution in [0.25, 0.3) is 0 Å². The molecule has 0 spiro atoms. The van der Waals surface area contributed by atoms with E-state index in [9.17, 15) is 24.9 Å². The van der Waals surface area contributed by atoms with Crippen molar-refractivity contribution in [2.45, 2.75) is 142 Å². The van der Waals surface area contributed by atoms with Crippen LogP contribution in [0.4, 0.5) is 0 Å². The maximum Gasteiger partial charge on any atom is 0.308 e. The van der Waals surface area contributed by atoms with E-state index in [0.717, 1.165) is 51.1 Å². The highest BCUT2D eigenvalue weighted by Crippen LogP contribution is 2.35. The van der Waals surface area contributed by atoms with Gasteiger partial charge < -0.3 is 39.3 Å². The van der Waals surface area contributed by atoms with Gasteiger partial charge in [-0.05, 0) is 104 Å². The number of rotatable bonds is 12. The number of cyclic esters (lactones) is 1. The van der Waals surface area contributed by atoms with Gasteiger partial charge in [0.25, 0.3) is 0 Å². The summed E-state index contributed by atoms with van der Waals surface area (Å²) in [7, 11) is 3.60. The first kappa shape index (κ1) is 46.2. The predicted octanol–water partition coefficient (Wildman–Crippen LogP) is 5.22. The number of piperidine rings is 1. The summed E-state index contributed by atoms with van der Waals surface area (Å²) >= 11 is 0. The van der Waals surface area contributed by atoms with Crippen LogP contribution >= 0.6 is 0 Å². The van der Waals surface area contributed by atoms with Crippen molar-refractivity contribution in [2.24, 2.45) is 23.7 Å². The molecule has 0 aromatic heterocycles. The number of likely N-dealkylation sites (tertiary alicyclic amines) is 1. The molecule has 0 aliphatic carbocycles.